The van der Waals surface area contributed by atoms with Gasteiger partial charge in [-0.15, -0.1) is 12.4 Å². The quantitative estimate of drug-likeness (QED) is 0.760. The average molecular weight is 388 g/mol. The molecule has 25 heavy (non-hydrogen) atoms. The third-order valence-electron chi connectivity index (χ3n) is 3.77. The average Bonchev–Trinajstić information content (AvgIpc) is 2.92. The molecule has 0 aliphatic carbocycles. The third kappa shape index (κ3) is 5.54. The van der Waals surface area contributed by atoms with E-state index in [9.17, 15) is 8.42 Å². The van der Waals surface area contributed by atoms with Crippen molar-refractivity contribution in [1.29, 1.82) is 0 Å². The molecule has 0 fully saturated rings. The van der Waals surface area contributed by atoms with Crippen LogP contribution in [0.3, 0.4) is 0 Å². The van der Waals surface area contributed by atoms with Crippen LogP contribution in [0, 0.1) is 12.8 Å². The highest BCUT2D eigenvalue weighted by Gasteiger charge is 2.30. The summed E-state index contributed by atoms with van der Waals surface area (Å²) in [6.07, 6.45) is 2.21. The summed E-state index contributed by atoms with van der Waals surface area (Å²) in [4.78, 5) is 4.43. The molecule has 0 aliphatic rings. The van der Waals surface area contributed by atoms with Gasteiger partial charge in [-0.1, -0.05) is 26.0 Å². The summed E-state index contributed by atoms with van der Waals surface area (Å²) in [7, 11) is -3.64. The molecule has 1 atom stereocenters. The van der Waals surface area contributed by atoms with Crippen molar-refractivity contribution in [2.45, 2.75) is 44.6 Å². The fourth-order valence-electron chi connectivity index (χ4n) is 2.75. The number of aryl methyl sites for hydroxylation is 1. The molecule has 0 radical (unpaired) electrons. The number of halogens is 1. The van der Waals surface area contributed by atoms with Crippen LogP contribution in [0.5, 0.6) is 0 Å². The highest BCUT2D eigenvalue weighted by molar-refractivity contribution is 7.89. The maximum absolute atomic E-state index is 12.6. The lowest BCUT2D eigenvalue weighted by molar-refractivity contribution is 0.344. The lowest BCUT2D eigenvalue weighted by Crippen LogP contribution is -2.51. The molecular weight excluding hydrogens is 362 g/mol. The topological polar surface area (TPSA) is 98.2 Å². The van der Waals surface area contributed by atoms with Crippen molar-refractivity contribution in [3.8, 4) is 11.3 Å². The Bertz CT molecular complexity index is 788. The van der Waals surface area contributed by atoms with Crippen LogP contribution in [0.25, 0.3) is 11.3 Å². The molecule has 1 unspecified atom stereocenters. The summed E-state index contributed by atoms with van der Waals surface area (Å²) in [6.45, 7) is 7.90. The first-order valence-electron chi connectivity index (χ1n) is 7.92. The van der Waals surface area contributed by atoms with Gasteiger partial charge in [0.25, 0.3) is 0 Å². The second-order valence-electron chi connectivity index (χ2n) is 6.74. The summed E-state index contributed by atoms with van der Waals surface area (Å²) in [6, 6.07) is 6.56. The summed E-state index contributed by atoms with van der Waals surface area (Å²) >= 11 is 0. The van der Waals surface area contributed by atoms with Gasteiger partial charge in [-0.05, 0) is 31.4 Å². The lowest BCUT2D eigenvalue weighted by Gasteiger charge is -2.30. The number of nitrogens with two attached hydrogens (primary N) is 1. The van der Waals surface area contributed by atoms with Gasteiger partial charge in [-0.3, -0.25) is 0 Å². The van der Waals surface area contributed by atoms with E-state index in [-0.39, 0.29) is 23.8 Å². The van der Waals surface area contributed by atoms with Crippen molar-refractivity contribution < 1.29 is 12.8 Å². The summed E-state index contributed by atoms with van der Waals surface area (Å²) in [5.74, 6) is 0.898. The number of oxazole rings is 1. The first-order valence-corrected chi connectivity index (χ1v) is 9.40. The summed E-state index contributed by atoms with van der Waals surface area (Å²) < 4.78 is 33.2. The Morgan fingerprint density at radius 2 is 1.88 bits per heavy atom. The highest BCUT2D eigenvalue weighted by atomic mass is 35.5. The van der Waals surface area contributed by atoms with Crippen molar-refractivity contribution in [3.63, 3.8) is 0 Å². The molecule has 6 nitrogen and oxygen atoms in total. The second-order valence-corrected chi connectivity index (χ2v) is 8.43. The van der Waals surface area contributed by atoms with Crippen LogP contribution < -0.4 is 10.5 Å². The molecule has 2 aromatic rings. The van der Waals surface area contributed by atoms with Crippen LogP contribution in [0.2, 0.25) is 0 Å². The molecule has 140 valence electrons. The zero-order valence-electron chi connectivity index (χ0n) is 14.9. The molecule has 0 saturated heterocycles. The molecule has 0 aliphatic heterocycles. The Hall–Kier alpha value is -1.41. The predicted octanol–water partition coefficient (Wildman–Crippen LogP) is 3.11. The first kappa shape index (κ1) is 21.6. The van der Waals surface area contributed by atoms with Crippen molar-refractivity contribution >= 4 is 22.4 Å². The van der Waals surface area contributed by atoms with Crippen LogP contribution in [0.4, 0.5) is 0 Å². The summed E-state index contributed by atoms with van der Waals surface area (Å²) in [5, 5.41) is 0. The zero-order chi connectivity index (χ0) is 18.0. The maximum Gasteiger partial charge on any atom is 0.241 e. The van der Waals surface area contributed by atoms with E-state index in [1.54, 1.807) is 37.5 Å². The van der Waals surface area contributed by atoms with Gasteiger partial charge in [0, 0.05) is 24.6 Å². The highest BCUT2D eigenvalue weighted by Crippen LogP contribution is 2.23. The number of hydrogen-bond donors (Lipinski definition) is 2. The molecule has 1 aromatic carbocycles. The van der Waals surface area contributed by atoms with Gasteiger partial charge >= 0.3 is 0 Å². The van der Waals surface area contributed by atoms with E-state index in [0.29, 0.717) is 23.9 Å². The summed E-state index contributed by atoms with van der Waals surface area (Å²) in [5.41, 5.74) is 6.60. The molecule has 0 saturated carbocycles. The minimum atomic E-state index is -3.64. The number of benzene rings is 1. The fourth-order valence-corrected chi connectivity index (χ4v) is 4.18. The van der Waals surface area contributed by atoms with E-state index < -0.39 is 15.6 Å². The zero-order valence-corrected chi connectivity index (χ0v) is 16.6. The van der Waals surface area contributed by atoms with Gasteiger partial charge in [-0.2, -0.15) is 0 Å². The molecule has 1 aromatic heterocycles. The Kier molecular flexibility index (Phi) is 7.19. The van der Waals surface area contributed by atoms with Gasteiger partial charge in [0.05, 0.1) is 4.90 Å². The van der Waals surface area contributed by atoms with E-state index in [1.807, 2.05) is 20.8 Å². The van der Waals surface area contributed by atoms with E-state index in [0.717, 1.165) is 5.56 Å². The van der Waals surface area contributed by atoms with Crippen molar-refractivity contribution in [2.24, 2.45) is 11.7 Å². The number of nitrogens with one attached hydrogen (secondary N) is 1. The fraction of sp³-hybridized carbons (Fsp3) is 0.471. The molecular formula is C17H26ClN3O3S. The number of aromatic nitrogens is 1. The van der Waals surface area contributed by atoms with Crippen molar-refractivity contribution in [1.82, 2.24) is 9.71 Å². The SMILES string of the molecule is Cc1nc(-c2ccc(S(=O)(=O)NC(C)(CN)CC(C)C)cc2)co1.Cl. The number of nitrogens with zero attached hydrogens (tertiary/aromatic N) is 1. The second kappa shape index (κ2) is 8.31. The molecule has 0 amide bonds. The Morgan fingerprint density at radius 3 is 2.32 bits per heavy atom. The van der Waals surface area contributed by atoms with Crippen LogP contribution in [-0.4, -0.2) is 25.5 Å². The van der Waals surface area contributed by atoms with Gasteiger partial charge in [0.2, 0.25) is 10.0 Å². The largest absolute Gasteiger partial charge is 0.449 e. The smallest absolute Gasteiger partial charge is 0.241 e. The normalized spacial score (nSPS) is 14.2. The van der Waals surface area contributed by atoms with Gasteiger partial charge in [-0.25, -0.2) is 18.1 Å². The molecule has 1 heterocycles. The molecule has 2 rings (SSSR count). The van der Waals surface area contributed by atoms with Crippen molar-refractivity contribution in [2.75, 3.05) is 6.54 Å². The van der Waals surface area contributed by atoms with E-state index in [2.05, 4.69) is 9.71 Å². The first-order chi connectivity index (χ1) is 11.1. The molecule has 0 bridgehead atoms. The van der Waals surface area contributed by atoms with E-state index in [1.165, 1.54) is 0 Å². The third-order valence-corrected chi connectivity index (χ3v) is 5.42. The molecule has 0 spiro atoms. The Balaban J connectivity index is 0.00000312. The van der Waals surface area contributed by atoms with Crippen LogP contribution in [-0.2, 0) is 10.0 Å². The predicted molar refractivity (Wildman–Crippen MR) is 101 cm³/mol. The van der Waals surface area contributed by atoms with E-state index >= 15 is 0 Å². The molecule has 3 N–H and O–H groups in total. The standard InChI is InChI=1S/C17H25N3O3S.ClH/c1-12(2)9-17(4,11-18)20-24(21,22)15-7-5-14(6-8-15)16-10-23-13(3)19-16;/h5-8,10,12,20H,9,11,18H2,1-4H3;1H. The maximum atomic E-state index is 12.6. The van der Waals surface area contributed by atoms with Crippen LogP contribution in [0.1, 0.15) is 33.1 Å². The lowest BCUT2D eigenvalue weighted by atomic mass is 9.92. The van der Waals surface area contributed by atoms with Crippen LogP contribution in [0.15, 0.2) is 39.8 Å². The van der Waals surface area contributed by atoms with Crippen LogP contribution >= 0.6 is 12.4 Å². The van der Waals surface area contributed by atoms with E-state index in [4.69, 9.17) is 10.2 Å². The molecule has 8 heteroatoms. The van der Waals surface area contributed by atoms with Gasteiger partial charge < -0.3 is 10.2 Å². The minimum absolute atomic E-state index is 0. The van der Waals surface area contributed by atoms with Crippen molar-refractivity contribution in [3.05, 3.63) is 36.4 Å². The number of rotatable bonds is 7. The Labute approximate surface area is 155 Å². The monoisotopic (exact) mass is 387 g/mol. The number of sulfonamides is 1. The minimum Gasteiger partial charge on any atom is -0.449 e. The Morgan fingerprint density at radius 1 is 1.28 bits per heavy atom. The number of hydrogen-bond acceptors (Lipinski definition) is 5. The van der Waals surface area contributed by atoms with Gasteiger partial charge in [0.1, 0.15) is 12.0 Å². The van der Waals surface area contributed by atoms with Gasteiger partial charge in [0.15, 0.2) is 5.89 Å².